The average Bonchev–Trinajstić information content (AvgIpc) is 3.52. The Labute approximate surface area is 273 Å². The van der Waals surface area contributed by atoms with Crippen LogP contribution in [0.2, 0.25) is 0 Å². The summed E-state index contributed by atoms with van der Waals surface area (Å²) in [6.07, 6.45) is -1.81. The summed E-state index contributed by atoms with van der Waals surface area (Å²) in [5, 5.41) is 19.9. The molecule has 2 amide bonds. The topological polar surface area (TPSA) is 128 Å². The van der Waals surface area contributed by atoms with Gasteiger partial charge >= 0.3 is 6.18 Å². The summed E-state index contributed by atoms with van der Waals surface area (Å²) in [6.45, 7) is 3.37. The van der Waals surface area contributed by atoms with E-state index >= 15 is 0 Å². The van der Waals surface area contributed by atoms with E-state index in [0.29, 0.717) is 18.4 Å². The number of halogens is 3. The summed E-state index contributed by atoms with van der Waals surface area (Å²) < 4.78 is 65.9. The molecule has 0 spiro atoms. The molecule has 13 heteroatoms. The second-order valence-electron chi connectivity index (χ2n) is 12.2. The van der Waals surface area contributed by atoms with Crippen molar-refractivity contribution in [3.63, 3.8) is 0 Å². The van der Waals surface area contributed by atoms with Crippen molar-refractivity contribution in [3.8, 4) is 0 Å². The fourth-order valence-electron chi connectivity index (χ4n) is 5.75. The molecule has 0 aliphatic heterocycles. The van der Waals surface area contributed by atoms with Crippen molar-refractivity contribution in [1.29, 1.82) is 0 Å². The van der Waals surface area contributed by atoms with Crippen molar-refractivity contribution in [2.45, 2.75) is 69.4 Å². The van der Waals surface area contributed by atoms with Crippen LogP contribution >= 0.6 is 0 Å². The van der Waals surface area contributed by atoms with Crippen LogP contribution in [-0.4, -0.2) is 57.3 Å². The molecule has 254 valence electrons. The molecular weight excluding hydrogens is 633 g/mol. The number of aliphatic hydroxyl groups is 1. The molecule has 0 heterocycles. The van der Waals surface area contributed by atoms with E-state index in [-0.39, 0.29) is 29.4 Å². The molecule has 0 unspecified atom stereocenters. The van der Waals surface area contributed by atoms with Crippen molar-refractivity contribution in [2.75, 3.05) is 24.2 Å². The maximum absolute atomic E-state index is 13.4. The van der Waals surface area contributed by atoms with Crippen LogP contribution in [0.3, 0.4) is 0 Å². The number of amides is 2. The minimum Gasteiger partial charge on any atom is -0.390 e. The number of carbonyl (C=O) groups excluding carboxylic acids is 2. The van der Waals surface area contributed by atoms with Gasteiger partial charge in [0.2, 0.25) is 10.0 Å². The van der Waals surface area contributed by atoms with Gasteiger partial charge in [-0.3, -0.25) is 13.9 Å². The first-order valence-corrected chi connectivity index (χ1v) is 17.2. The van der Waals surface area contributed by atoms with Gasteiger partial charge in [-0.1, -0.05) is 55.3 Å². The van der Waals surface area contributed by atoms with Gasteiger partial charge in [-0.25, -0.2) is 8.42 Å². The van der Waals surface area contributed by atoms with Crippen molar-refractivity contribution >= 4 is 27.5 Å². The highest BCUT2D eigenvalue weighted by molar-refractivity contribution is 7.92. The standard InChI is InChI=1S/C34H41F3N4O5S/c1-22(24-11-6-5-7-12-24)39-31(43)25-17-26(19-29(18-25)41(3)47(4,45)46)32(44)40-23(2)30(42)21-38-33(15-8-9-16-33)27-13-10-14-28(20-27)34(35,36)37/h5-7,10-14,17-20,22-23,30,38,42H,8-9,15-16,21H2,1-4H3,(H,39,43)(H,40,44)/t22-,23+,30-/m1/s1. The first-order valence-electron chi connectivity index (χ1n) is 15.4. The first kappa shape index (κ1) is 35.9. The number of benzene rings is 3. The number of hydrogen-bond acceptors (Lipinski definition) is 6. The minimum atomic E-state index is -4.48. The molecule has 4 N–H and O–H groups in total. The molecule has 3 aromatic carbocycles. The normalized spacial score (nSPS) is 16.6. The van der Waals surface area contributed by atoms with E-state index in [9.17, 15) is 36.3 Å². The second kappa shape index (κ2) is 14.4. The fourth-order valence-corrected chi connectivity index (χ4v) is 6.24. The summed E-state index contributed by atoms with van der Waals surface area (Å²) in [5.41, 5.74) is 0.00607. The first-order chi connectivity index (χ1) is 22.0. The SMILES string of the molecule is C[C@H](NC(=O)c1cc(C(=O)N[C@H](C)c2ccccc2)cc(N(C)S(C)(=O)=O)c1)[C@H](O)CNC1(c2cccc(C(F)(F)F)c2)CCCC1. The quantitative estimate of drug-likeness (QED) is 0.211. The Bertz CT molecular complexity index is 1680. The van der Waals surface area contributed by atoms with Gasteiger partial charge in [0.1, 0.15) is 0 Å². The van der Waals surface area contributed by atoms with Crippen molar-refractivity contribution in [1.82, 2.24) is 16.0 Å². The van der Waals surface area contributed by atoms with Gasteiger partial charge in [0.15, 0.2) is 0 Å². The third kappa shape index (κ3) is 8.91. The molecule has 1 fully saturated rings. The summed E-state index contributed by atoms with van der Waals surface area (Å²) in [7, 11) is -2.43. The molecule has 47 heavy (non-hydrogen) atoms. The van der Waals surface area contributed by atoms with Crippen molar-refractivity contribution in [3.05, 3.63) is 101 Å². The molecule has 1 aliphatic carbocycles. The van der Waals surface area contributed by atoms with E-state index in [0.717, 1.165) is 41.1 Å². The van der Waals surface area contributed by atoms with Crippen LogP contribution in [-0.2, 0) is 21.7 Å². The molecular formula is C34H41F3N4O5S. The molecule has 4 rings (SSSR count). The predicted molar refractivity (Wildman–Crippen MR) is 175 cm³/mol. The molecule has 1 saturated carbocycles. The smallest absolute Gasteiger partial charge is 0.390 e. The van der Waals surface area contributed by atoms with Gasteiger partial charge in [-0.05, 0) is 68.1 Å². The van der Waals surface area contributed by atoms with Gasteiger partial charge in [-0.2, -0.15) is 13.2 Å². The van der Waals surface area contributed by atoms with Gasteiger partial charge in [0.05, 0.1) is 35.7 Å². The lowest BCUT2D eigenvalue weighted by atomic mass is 9.86. The zero-order valence-electron chi connectivity index (χ0n) is 26.8. The van der Waals surface area contributed by atoms with Crippen LogP contribution in [0.4, 0.5) is 18.9 Å². The van der Waals surface area contributed by atoms with Crippen LogP contribution < -0.4 is 20.3 Å². The van der Waals surface area contributed by atoms with E-state index < -0.39 is 51.3 Å². The lowest BCUT2D eigenvalue weighted by molar-refractivity contribution is -0.137. The van der Waals surface area contributed by atoms with Crippen LogP contribution in [0.5, 0.6) is 0 Å². The number of carbonyl (C=O) groups is 2. The Kier molecular flexibility index (Phi) is 11.0. The highest BCUT2D eigenvalue weighted by atomic mass is 32.2. The number of hydrogen-bond donors (Lipinski definition) is 4. The molecule has 3 atom stereocenters. The summed E-state index contributed by atoms with van der Waals surface area (Å²) in [5.74, 6) is -1.17. The highest BCUT2D eigenvalue weighted by Crippen LogP contribution is 2.41. The third-order valence-corrected chi connectivity index (χ3v) is 9.94. The second-order valence-corrected chi connectivity index (χ2v) is 14.2. The van der Waals surface area contributed by atoms with E-state index in [1.807, 2.05) is 30.3 Å². The summed E-state index contributed by atoms with van der Waals surface area (Å²) in [6, 6.07) is 17.3. The summed E-state index contributed by atoms with van der Waals surface area (Å²) in [4.78, 5) is 26.7. The van der Waals surface area contributed by atoms with E-state index in [2.05, 4.69) is 16.0 Å². The van der Waals surface area contributed by atoms with E-state index in [1.165, 1.54) is 31.3 Å². The lowest BCUT2D eigenvalue weighted by Crippen LogP contribution is -2.50. The third-order valence-electron chi connectivity index (χ3n) is 8.74. The number of nitrogens with one attached hydrogen (secondary N) is 3. The van der Waals surface area contributed by atoms with Crippen molar-refractivity contribution < 1.29 is 36.3 Å². The minimum absolute atomic E-state index is 0.00116. The Morgan fingerprint density at radius 1 is 0.915 bits per heavy atom. The molecule has 3 aromatic rings. The van der Waals surface area contributed by atoms with Gasteiger partial charge in [0, 0.05) is 30.3 Å². The Balaban J connectivity index is 1.50. The Hall–Kier alpha value is -3.94. The molecule has 0 saturated heterocycles. The van der Waals surface area contributed by atoms with Crippen LogP contribution in [0.25, 0.3) is 0 Å². The van der Waals surface area contributed by atoms with E-state index in [4.69, 9.17) is 0 Å². The number of rotatable bonds is 12. The predicted octanol–water partition coefficient (Wildman–Crippen LogP) is 5.13. The zero-order chi connectivity index (χ0) is 34.6. The fraction of sp³-hybridized carbons (Fsp3) is 0.412. The monoisotopic (exact) mass is 674 g/mol. The number of sulfonamides is 1. The average molecular weight is 675 g/mol. The summed E-state index contributed by atoms with van der Waals surface area (Å²) >= 11 is 0. The van der Waals surface area contributed by atoms with E-state index in [1.54, 1.807) is 19.9 Å². The number of anilines is 1. The zero-order valence-corrected chi connectivity index (χ0v) is 27.6. The maximum Gasteiger partial charge on any atom is 0.416 e. The molecule has 9 nitrogen and oxygen atoms in total. The maximum atomic E-state index is 13.4. The Morgan fingerprint density at radius 2 is 1.51 bits per heavy atom. The van der Waals surface area contributed by atoms with Gasteiger partial charge in [0.25, 0.3) is 11.8 Å². The van der Waals surface area contributed by atoms with Crippen molar-refractivity contribution in [2.24, 2.45) is 0 Å². The number of nitrogens with zero attached hydrogens (tertiary/aromatic N) is 1. The van der Waals surface area contributed by atoms with Crippen LogP contribution in [0, 0.1) is 0 Å². The molecule has 0 aromatic heterocycles. The lowest BCUT2D eigenvalue weighted by Gasteiger charge is -2.34. The van der Waals surface area contributed by atoms with Gasteiger partial charge < -0.3 is 21.1 Å². The molecule has 0 bridgehead atoms. The van der Waals surface area contributed by atoms with Gasteiger partial charge in [-0.15, -0.1) is 0 Å². The molecule has 1 aliphatic rings. The number of aliphatic hydroxyl groups excluding tert-OH is 1. The Morgan fingerprint density at radius 3 is 2.09 bits per heavy atom. The van der Waals surface area contributed by atoms with Crippen LogP contribution in [0.1, 0.15) is 83.0 Å². The highest BCUT2D eigenvalue weighted by Gasteiger charge is 2.38. The largest absolute Gasteiger partial charge is 0.416 e. The van der Waals surface area contributed by atoms with Crippen LogP contribution in [0.15, 0.2) is 72.8 Å². The number of alkyl halides is 3. The molecule has 0 radical (unpaired) electrons.